The van der Waals surface area contributed by atoms with Crippen LogP contribution in [0.4, 0.5) is 0 Å². The molecule has 0 radical (unpaired) electrons. The SMILES string of the molecule is CC(C)C(=O)CCN1C(=O)CC(N)C1=O. The molecule has 15 heavy (non-hydrogen) atoms. The van der Waals surface area contributed by atoms with Crippen molar-refractivity contribution >= 4 is 17.6 Å². The molecule has 1 atom stereocenters. The number of likely N-dealkylation sites (tertiary alicyclic amines) is 1. The Morgan fingerprint density at radius 2 is 2.13 bits per heavy atom. The number of carbonyl (C=O) groups is 3. The lowest BCUT2D eigenvalue weighted by atomic mass is 10.1. The summed E-state index contributed by atoms with van der Waals surface area (Å²) in [5, 5.41) is 0. The molecule has 1 rings (SSSR count). The molecule has 0 saturated carbocycles. The number of carbonyl (C=O) groups excluding carboxylic acids is 3. The number of imide groups is 1. The molecule has 1 heterocycles. The average Bonchev–Trinajstić information content (AvgIpc) is 2.38. The number of rotatable bonds is 4. The minimum atomic E-state index is -0.716. The Kier molecular flexibility index (Phi) is 3.57. The number of hydrogen-bond donors (Lipinski definition) is 1. The first-order valence-corrected chi connectivity index (χ1v) is 5.06. The number of ketones is 1. The van der Waals surface area contributed by atoms with Crippen LogP contribution in [0.2, 0.25) is 0 Å². The van der Waals surface area contributed by atoms with Gasteiger partial charge >= 0.3 is 0 Å². The van der Waals surface area contributed by atoms with E-state index >= 15 is 0 Å². The van der Waals surface area contributed by atoms with Crippen LogP contribution >= 0.6 is 0 Å². The molecule has 0 aliphatic carbocycles. The number of Topliss-reactive ketones (excluding diaryl/α,β-unsaturated/α-hetero) is 1. The summed E-state index contributed by atoms with van der Waals surface area (Å²) in [5.41, 5.74) is 5.43. The summed E-state index contributed by atoms with van der Waals surface area (Å²) >= 11 is 0. The van der Waals surface area contributed by atoms with Gasteiger partial charge in [-0.05, 0) is 0 Å². The van der Waals surface area contributed by atoms with Gasteiger partial charge in [-0.1, -0.05) is 13.8 Å². The fourth-order valence-electron chi connectivity index (χ4n) is 1.45. The Bertz CT molecular complexity index is 299. The molecule has 2 N–H and O–H groups in total. The quantitative estimate of drug-likeness (QED) is 0.648. The number of amides is 2. The summed E-state index contributed by atoms with van der Waals surface area (Å²) in [6, 6.07) is -0.716. The molecule has 0 aromatic heterocycles. The normalized spacial score (nSPS) is 21.6. The van der Waals surface area contributed by atoms with Gasteiger partial charge in [0, 0.05) is 18.9 Å². The third-order valence-electron chi connectivity index (χ3n) is 2.50. The lowest BCUT2D eigenvalue weighted by Gasteiger charge is -2.14. The third kappa shape index (κ3) is 2.62. The second-order valence-electron chi connectivity index (χ2n) is 4.07. The standard InChI is InChI=1S/C10H16N2O3/c1-6(2)8(13)3-4-12-9(14)5-7(11)10(12)15/h6-7H,3-5,11H2,1-2H3. The predicted molar refractivity (Wildman–Crippen MR) is 53.8 cm³/mol. The van der Waals surface area contributed by atoms with Gasteiger partial charge in [-0.3, -0.25) is 19.3 Å². The van der Waals surface area contributed by atoms with E-state index in [0.717, 1.165) is 4.90 Å². The summed E-state index contributed by atoms with van der Waals surface area (Å²) in [6.07, 6.45) is 0.288. The Morgan fingerprint density at radius 1 is 1.53 bits per heavy atom. The summed E-state index contributed by atoms with van der Waals surface area (Å²) in [5.74, 6) is -0.650. The Balaban J connectivity index is 2.49. The summed E-state index contributed by atoms with van der Waals surface area (Å²) in [4.78, 5) is 35.1. The zero-order chi connectivity index (χ0) is 11.6. The first kappa shape index (κ1) is 11.8. The van der Waals surface area contributed by atoms with Crippen molar-refractivity contribution < 1.29 is 14.4 Å². The van der Waals surface area contributed by atoms with E-state index in [0.29, 0.717) is 0 Å². The molecule has 1 aliphatic rings. The maximum atomic E-state index is 11.4. The molecule has 1 aliphatic heterocycles. The van der Waals surface area contributed by atoms with E-state index in [1.807, 2.05) is 0 Å². The summed E-state index contributed by atoms with van der Waals surface area (Å²) < 4.78 is 0. The van der Waals surface area contributed by atoms with E-state index in [2.05, 4.69) is 0 Å². The van der Waals surface area contributed by atoms with Crippen LogP contribution in [-0.2, 0) is 14.4 Å². The van der Waals surface area contributed by atoms with Crippen LogP contribution in [0.15, 0.2) is 0 Å². The van der Waals surface area contributed by atoms with Gasteiger partial charge in [0.15, 0.2) is 0 Å². The van der Waals surface area contributed by atoms with Crippen molar-refractivity contribution in [2.75, 3.05) is 6.54 Å². The lowest BCUT2D eigenvalue weighted by Crippen LogP contribution is -2.36. The minimum absolute atomic E-state index is 0.0519. The highest BCUT2D eigenvalue weighted by Gasteiger charge is 2.35. The fraction of sp³-hybridized carbons (Fsp3) is 0.700. The molecule has 2 amide bonds. The first-order valence-electron chi connectivity index (χ1n) is 5.06. The molecule has 84 valence electrons. The Morgan fingerprint density at radius 3 is 2.53 bits per heavy atom. The zero-order valence-corrected chi connectivity index (χ0v) is 9.03. The monoisotopic (exact) mass is 212 g/mol. The lowest BCUT2D eigenvalue weighted by molar-refractivity contribution is -0.139. The third-order valence-corrected chi connectivity index (χ3v) is 2.50. The van der Waals surface area contributed by atoms with Gasteiger partial charge in [-0.15, -0.1) is 0 Å². The molecule has 0 aromatic carbocycles. The fourth-order valence-corrected chi connectivity index (χ4v) is 1.45. The van der Waals surface area contributed by atoms with Gasteiger partial charge in [-0.25, -0.2) is 0 Å². The zero-order valence-electron chi connectivity index (χ0n) is 9.03. The van der Waals surface area contributed by atoms with Crippen molar-refractivity contribution in [1.29, 1.82) is 0 Å². The van der Waals surface area contributed by atoms with E-state index in [9.17, 15) is 14.4 Å². The van der Waals surface area contributed by atoms with Crippen LogP contribution < -0.4 is 5.73 Å². The van der Waals surface area contributed by atoms with E-state index in [4.69, 9.17) is 5.73 Å². The van der Waals surface area contributed by atoms with E-state index in [-0.39, 0.29) is 42.9 Å². The van der Waals surface area contributed by atoms with Crippen LogP contribution in [-0.4, -0.2) is 35.1 Å². The van der Waals surface area contributed by atoms with Crippen LogP contribution in [0.1, 0.15) is 26.7 Å². The molecule has 1 unspecified atom stereocenters. The van der Waals surface area contributed by atoms with E-state index in [1.165, 1.54) is 0 Å². The van der Waals surface area contributed by atoms with Gasteiger partial charge in [-0.2, -0.15) is 0 Å². The second-order valence-corrected chi connectivity index (χ2v) is 4.07. The maximum absolute atomic E-state index is 11.4. The van der Waals surface area contributed by atoms with Crippen LogP contribution in [0.25, 0.3) is 0 Å². The molecule has 0 bridgehead atoms. The molecular formula is C10H16N2O3. The Labute approximate surface area is 88.6 Å². The van der Waals surface area contributed by atoms with Gasteiger partial charge in [0.25, 0.3) is 0 Å². The molecule has 1 fully saturated rings. The topological polar surface area (TPSA) is 80.5 Å². The number of hydrogen-bond acceptors (Lipinski definition) is 4. The molecular weight excluding hydrogens is 196 g/mol. The van der Waals surface area contributed by atoms with Crippen LogP contribution in [0.3, 0.4) is 0 Å². The van der Waals surface area contributed by atoms with Crippen molar-refractivity contribution in [2.24, 2.45) is 11.7 Å². The minimum Gasteiger partial charge on any atom is -0.319 e. The predicted octanol–water partition coefficient (Wildman–Crippen LogP) is -0.312. The molecule has 1 saturated heterocycles. The second kappa shape index (κ2) is 4.53. The summed E-state index contributed by atoms with van der Waals surface area (Å²) in [6.45, 7) is 3.76. The number of nitrogens with zero attached hydrogens (tertiary/aromatic N) is 1. The van der Waals surface area contributed by atoms with Crippen LogP contribution in [0, 0.1) is 5.92 Å². The van der Waals surface area contributed by atoms with Gasteiger partial charge in [0.1, 0.15) is 5.78 Å². The van der Waals surface area contributed by atoms with Crippen molar-refractivity contribution in [3.8, 4) is 0 Å². The molecule has 5 heteroatoms. The van der Waals surface area contributed by atoms with Crippen molar-refractivity contribution in [3.63, 3.8) is 0 Å². The molecule has 0 aromatic rings. The highest BCUT2D eigenvalue weighted by molar-refractivity contribution is 6.05. The highest BCUT2D eigenvalue weighted by atomic mass is 16.2. The van der Waals surface area contributed by atoms with Gasteiger partial charge in [0.05, 0.1) is 12.5 Å². The summed E-state index contributed by atoms with van der Waals surface area (Å²) in [7, 11) is 0. The van der Waals surface area contributed by atoms with Gasteiger partial charge in [0.2, 0.25) is 11.8 Å². The maximum Gasteiger partial charge on any atom is 0.246 e. The number of nitrogens with two attached hydrogens (primary N) is 1. The van der Waals surface area contributed by atoms with Gasteiger partial charge < -0.3 is 5.73 Å². The van der Waals surface area contributed by atoms with E-state index < -0.39 is 6.04 Å². The first-order chi connectivity index (χ1) is 6.93. The molecule has 5 nitrogen and oxygen atoms in total. The van der Waals surface area contributed by atoms with Crippen molar-refractivity contribution in [1.82, 2.24) is 4.90 Å². The van der Waals surface area contributed by atoms with Crippen molar-refractivity contribution in [3.05, 3.63) is 0 Å². The average molecular weight is 212 g/mol. The van der Waals surface area contributed by atoms with Crippen molar-refractivity contribution in [2.45, 2.75) is 32.7 Å². The molecule has 0 spiro atoms. The smallest absolute Gasteiger partial charge is 0.246 e. The van der Waals surface area contributed by atoms with E-state index in [1.54, 1.807) is 13.8 Å². The van der Waals surface area contributed by atoms with Crippen LogP contribution in [0.5, 0.6) is 0 Å². The largest absolute Gasteiger partial charge is 0.319 e. The highest BCUT2D eigenvalue weighted by Crippen LogP contribution is 2.12. The Hall–Kier alpha value is -1.23.